The first-order valence-electron chi connectivity index (χ1n) is 9.12. The lowest BCUT2D eigenvalue weighted by molar-refractivity contribution is -0.120. The van der Waals surface area contributed by atoms with Crippen molar-refractivity contribution < 1.29 is 9.53 Å². The summed E-state index contributed by atoms with van der Waals surface area (Å²) in [5.41, 5.74) is 3.04. The van der Waals surface area contributed by atoms with E-state index < -0.39 is 0 Å². The molecule has 0 aliphatic carbocycles. The summed E-state index contributed by atoms with van der Waals surface area (Å²) in [5, 5.41) is 3.13. The van der Waals surface area contributed by atoms with Crippen molar-refractivity contribution >= 4 is 5.91 Å². The van der Waals surface area contributed by atoms with Gasteiger partial charge in [-0.2, -0.15) is 0 Å². The molecular weight excluding hydrogens is 334 g/mol. The number of nitrogens with one attached hydrogen (secondary N) is 1. The Morgan fingerprint density at radius 1 is 0.852 bits per heavy atom. The first-order valence-corrected chi connectivity index (χ1v) is 9.12. The van der Waals surface area contributed by atoms with Gasteiger partial charge in [-0.15, -0.1) is 0 Å². The van der Waals surface area contributed by atoms with Crippen molar-refractivity contribution in [2.45, 2.75) is 18.8 Å². The Morgan fingerprint density at radius 2 is 1.37 bits per heavy atom. The number of carbonyl (C=O) groups excluding carboxylic acids is 1. The molecule has 0 spiro atoms. The fourth-order valence-corrected chi connectivity index (χ4v) is 3.25. The zero-order valence-corrected chi connectivity index (χ0v) is 15.8. The van der Waals surface area contributed by atoms with E-state index in [1.807, 2.05) is 60.7 Å². The van der Waals surface area contributed by atoms with Crippen LogP contribution in [0.4, 0.5) is 0 Å². The average molecular weight is 359 g/mol. The van der Waals surface area contributed by atoms with E-state index in [9.17, 15) is 4.79 Å². The highest BCUT2D eigenvalue weighted by Crippen LogP contribution is 2.31. The smallest absolute Gasteiger partial charge is 0.224 e. The third-order valence-corrected chi connectivity index (χ3v) is 4.98. The van der Waals surface area contributed by atoms with E-state index in [0.717, 1.165) is 11.3 Å². The van der Waals surface area contributed by atoms with Crippen LogP contribution in [0.2, 0.25) is 0 Å². The van der Waals surface area contributed by atoms with E-state index in [2.05, 4.69) is 36.5 Å². The molecule has 3 rings (SSSR count). The molecule has 3 nitrogen and oxygen atoms in total. The van der Waals surface area contributed by atoms with Gasteiger partial charge >= 0.3 is 0 Å². The first kappa shape index (κ1) is 18.7. The minimum Gasteiger partial charge on any atom is -0.497 e. The number of ether oxygens (including phenoxy) is 1. The van der Waals surface area contributed by atoms with E-state index in [0.29, 0.717) is 13.0 Å². The molecule has 0 bridgehead atoms. The summed E-state index contributed by atoms with van der Waals surface area (Å²) in [5.74, 6) is 0.804. The summed E-state index contributed by atoms with van der Waals surface area (Å²) in [6.07, 6.45) is 0.351. The predicted molar refractivity (Wildman–Crippen MR) is 109 cm³/mol. The van der Waals surface area contributed by atoms with Crippen LogP contribution >= 0.6 is 0 Å². The van der Waals surface area contributed by atoms with E-state index in [4.69, 9.17) is 4.74 Å². The second-order valence-corrected chi connectivity index (χ2v) is 6.87. The average Bonchev–Trinajstić information content (AvgIpc) is 2.74. The van der Waals surface area contributed by atoms with Crippen LogP contribution in [-0.4, -0.2) is 19.6 Å². The van der Waals surface area contributed by atoms with Gasteiger partial charge < -0.3 is 10.1 Å². The number of hydrogen-bond acceptors (Lipinski definition) is 2. The summed E-state index contributed by atoms with van der Waals surface area (Å²) in [7, 11) is 1.63. The van der Waals surface area contributed by atoms with Gasteiger partial charge in [0.15, 0.2) is 0 Å². The van der Waals surface area contributed by atoms with Gasteiger partial charge in [-0.3, -0.25) is 4.79 Å². The molecule has 138 valence electrons. The van der Waals surface area contributed by atoms with Crippen molar-refractivity contribution in [3.63, 3.8) is 0 Å². The quantitative estimate of drug-likeness (QED) is 0.681. The molecule has 0 saturated carbocycles. The number of methoxy groups -OCH3 is 1. The standard InChI is InChI=1S/C24H25NO2/c1-24(20-9-5-3-6-10-20,21-11-7-4-8-12-21)18-25-23(26)17-19-13-15-22(27-2)16-14-19/h3-16H,17-18H2,1-2H3,(H,25,26). The highest BCUT2D eigenvalue weighted by atomic mass is 16.5. The molecule has 0 unspecified atom stereocenters. The molecule has 0 aromatic heterocycles. The Hall–Kier alpha value is -3.07. The van der Waals surface area contributed by atoms with Gasteiger partial charge in [0.05, 0.1) is 13.5 Å². The molecule has 0 saturated heterocycles. The van der Waals surface area contributed by atoms with Crippen LogP contribution in [0.5, 0.6) is 5.75 Å². The number of benzene rings is 3. The molecule has 1 N–H and O–H groups in total. The molecule has 27 heavy (non-hydrogen) atoms. The van der Waals surface area contributed by atoms with Crippen LogP contribution in [0.25, 0.3) is 0 Å². The van der Waals surface area contributed by atoms with Crippen molar-refractivity contribution in [1.29, 1.82) is 0 Å². The minimum absolute atomic E-state index is 0.0123. The van der Waals surface area contributed by atoms with E-state index in [1.54, 1.807) is 7.11 Å². The lowest BCUT2D eigenvalue weighted by Crippen LogP contribution is -2.40. The Balaban J connectivity index is 1.74. The SMILES string of the molecule is COc1ccc(CC(=O)NCC(C)(c2ccccc2)c2ccccc2)cc1. The second-order valence-electron chi connectivity index (χ2n) is 6.87. The Bertz CT molecular complexity index is 818. The number of carbonyl (C=O) groups is 1. The van der Waals surface area contributed by atoms with Crippen LogP contribution < -0.4 is 10.1 Å². The highest BCUT2D eigenvalue weighted by molar-refractivity contribution is 5.78. The molecule has 0 atom stereocenters. The van der Waals surface area contributed by atoms with Gasteiger partial charge in [0.2, 0.25) is 5.91 Å². The van der Waals surface area contributed by atoms with E-state index in [1.165, 1.54) is 11.1 Å². The lowest BCUT2D eigenvalue weighted by atomic mass is 9.76. The maximum atomic E-state index is 12.5. The molecule has 3 heteroatoms. The van der Waals surface area contributed by atoms with E-state index in [-0.39, 0.29) is 11.3 Å². The molecule has 0 heterocycles. The van der Waals surface area contributed by atoms with Crippen molar-refractivity contribution in [2.75, 3.05) is 13.7 Å². The molecule has 0 radical (unpaired) electrons. The Morgan fingerprint density at radius 3 is 1.85 bits per heavy atom. The van der Waals surface area contributed by atoms with Crippen LogP contribution in [0.15, 0.2) is 84.9 Å². The summed E-state index contributed by atoms with van der Waals surface area (Å²) in [6, 6.07) is 28.2. The zero-order valence-electron chi connectivity index (χ0n) is 15.8. The third kappa shape index (κ3) is 4.56. The maximum absolute atomic E-state index is 12.5. The predicted octanol–water partition coefficient (Wildman–Crippen LogP) is 4.36. The van der Waals surface area contributed by atoms with Crippen LogP contribution in [-0.2, 0) is 16.6 Å². The molecule has 3 aromatic rings. The van der Waals surface area contributed by atoms with Crippen LogP contribution in [0.3, 0.4) is 0 Å². The Labute approximate surface area is 161 Å². The molecule has 1 amide bonds. The monoisotopic (exact) mass is 359 g/mol. The van der Waals surface area contributed by atoms with Crippen LogP contribution in [0.1, 0.15) is 23.6 Å². The fraction of sp³-hybridized carbons (Fsp3) is 0.208. The molecule has 3 aromatic carbocycles. The number of hydrogen-bond donors (Lipinski definition) is 1. The topological polar surface area (TPSA) is 38.3 Å². The summed E-state index contributed by atoms with van der Waals surface area (Å²) < 4.78 is 5.16. The molecule has 0 fully saturated rings. The highest BCUT2D eigenvalue weighted by Gasteiger charge is 2.29. The third-order valence-electron chi connectivity index (χ3n) is 4.98. The first-order chi connectivity index (χ1) is 13.1. The largest absolute Gasteiger partial charge is 0.497 e. The van der Waals surface area contributed by atoms with Crippen molar-refractivity contribution in [2.24, 2.45) is 0 Å². The molecule has 0 aliphatic heterocycles. The lowest BCUT2D eigenvalue weighted by Gasteiger charge is -2.31. The summed E-state index contributed by atoms with van der Waals surface area (Å²) in [6.45, 7) is 2.71. The molecule has 0 aliphatic rings. The van der Waals surface area contributed by atoms with Gasteiger partial charge in [0.25, 0.3) is 0 Å². The molecular formula is C24H25NO2. The Kier molecular flexibility index (Phi) is 5.92. The van der Waals surface area contributed by atoms with Gasteiger partial charge in [-0.25, -0.2) is 0 Å². The fourth-order valence-electron chi connectivity index (χ4n) is 3.25. The second kappa shape index (κ2) is 8.54. The number of amides is 1. The maximum Gasteiger partial charge on any atom is 0.224 e. The summed E-state index contributed by atoms with van der Waals surface area (Å²) in [4.78, 5) is 12.5. The van der Waals surface area contributed by atoms with Crippen LogP contribution in [0, 0.1) is 0 Å². The van der Waals surface area contributed by atoms with Gasteiger partial charge in [-0.05, 0) is 35.7 Å². The zero-order chi connectivity index (χ0) is 19.1. The number of rotatable bonds is 7. The summed E-state index contributed by atoms with van der Waals surface area (Å²) >= 11 is 0. The normalized spacial score (nSPS) is 11.0. The van der Waals surface area contributed by atoms with Crippen molar-refractivity contribution in [3.8, 4) is 5.75 Å². The van der Waals surface area contributed by atoms with Gasteiger partial charge in [0.1, 0.15) is 5.75 Å². The van der Waals surface area contributed by atoms with Crippen molar-refractivity contribution in [3.05, 3.63) is 102 Å². The van der Waals surface area contributed by atoms with Gasteiger partial charge in [0, 0.05) is 12.0 Å². The van der Waals surface area contributed by atoms with Gasteiger partial charge in [-0.1, -0.05) is 72.8 Å². The minimum atomic E-state index is -0.294. The van der Waals surface area contributed by atoms with Crippen molar-refractivity contribution in [1.82, 2.24) is 5.32 Å². The van der Waals surface area contributed by atoms with E-state index >= 15 is 0 Å².